The summed E-state index contributed by atoms with van der Waals surface area (Å²) in [6.07, 6.45) is 0. The molecular weight excluding hydrogens is 173 g/mol. The molecule has 0 atom stereocenters. The van der Waals surface area contributed by atoms with Crippen molar-refractivity contribution in [1.29, 1.82) is 0 Å². The van der Waals surface area contributed by atoms with Gasteiger partial charge in [0, 0.05) is 0 Å². The Bertz CT molecular complexity index is 363. The van der Waals surface area contributed by atoms with E-state index in [0.717, 1.165) is 0 Å². The third kappa shape index (κ3) is 1.47. The number of ether oxygens (including phenoxy) is 1. The molecule has 0 aliphatic carbocycles. The molecule has 0 amide bonds. The normalized spacial score (nSPS) is 15.3. The molecule has 1 N–H and O–H groups in total. The van der Waals surface area contributed by atoms with Crippen LogP contribution < -0.4 is 0 Å². The number of phenolic OH excluding ortho intramolecular Hbond substituents is 1. The first kappa shape index (κ1) is 8.04. The Morgan fingerprint density at radius 1 is 1.46 bits per heavy atom. The molecule has 68 valence electrons. The smallest absolute Gasteiger partial charge is 0.220 e. The van der Waals surface area contributed by atoms with Crippen LogP contribution in [0.4, 0.5) is 4.39 Å². The van der Waals surface area contributed by atoms with Crippen molar-refractivity contribution in [3.63, 3.8) is 0 Å². The lowest BCUT2D eigenvalue weighted by molar-refractivity contribution is 0.346. The van der Waals surface area contributed by atoms with E-state index in [4.69, 9.17) is 4.74 Å². The van der Waals surface area contributed by atoms with Crippen molar-refractivity contribution in [3.8, 4) is 5.75 Å². The number of hydrogen-bond acceptors (Lipinski definition) is 3. The zero-order chi connectivity index (χ0) is 9.26. The predicted molar refractivity (Wildman–Crippen MR) is 45.4 cm³/mol. The Morgan fingerprint density at radius 3 is 3.00 bits per heavy atom. The molecule has 0 saturated carbocycles. The van der Waals surface area contributed by atoms with Gasteiger partial charge in [-0.15, -0.1) is 0 Å². The quantitative estimate of drug-likeness (QED) is 0.709. The fraction of sp³-hybridized carbons (Fsp3) is 0.222. The van der Waals surface area contributed by atoms with Gasteiger partial charge in [-0.2, -0.15) is 0 Å². The molecule has 0 spiro atoms. The highest BCUT2D eigenvalue weighted by atomic mass is 19.1. The summed E-state index contributed by atoms with van der Waals surface area (Å²) in [5.74, 6) is -0.106. The zero-order valence-corrected chi connectivity index (χ0v) is 6.83. The monoisotopic (exact) mass is 181 g/mol. The van der Waals surface area contributed by atoms with Gasteiger partial charge in [0.1, 0.15) is 18.2 Å². The molecule has 1 aliphatic heterocycles. The maximum absolute atomic E-state index is 12.8. The number of phenols is 1. The lowest BCUT2D eigenvalue weighted by atomic mass is 10.2. The molecule has 1 heterocycles. The van der Waals surface area contributed by atoms with E-state index in [2.05, 4.69) is 4.99 Å². The molecule has 1 aliphatic rings. The summed E-state index contributed by atoms with van der Waals surface area (Å²) < 4.78 is 17.9. The van der Waals surface area contributed by atoms with Crippen molar-refractivity contribution < 1.29 is 14.2 Å². The Hall–Kier alpha value is -1.58. The second kappa shape index (κ2) is 3.05. The summed E-state index contributed by atoms with van der Waals surface area (Å²) in [7, 11) is 0. The number of halogens is 1. The van der Waals surface area contributed by atoms with E-state index in [-0.39, 0.29) is 5.75 Å². The lowest BCUT2D eigenvalue weighted by Crippen LogP contribution is -2.01. The van der Waals surface area contributed by atoms with Crippen LogP contribution in [0.25, 0.3) is 0 Å². The number of rotatable bonds is 1. The van der Waals surface area contributed by atoms with Gasteiger partial charge in [-0.1, -0.05) is 0 Å². The van der Waals surface area contributed by atoms with Crippen molar-refractivity contribution in [1.82, 2.24) is 0 Å². The topological polar surface area (TPSA) is 41.8 Å². The summed E-state index contributed by atoms with van der Waals surface area (Å²) in [4.78, 5) is 3.98. The third-order valence-corrected chi connectivity index (χ3v) is 1.77. The molecule has 4 heteroatoms. The molecule has 13 heavy (non-hydrogen) atoms. The standard InChI is InChI=1S/C9H8FNO2/c10-6-1-2-8(12)7(5-6)9-11-3-4-13-9/h1-2,5,12H,3-4H2. The van der Waals surface area contributed by atoms with E-state index >= 15 is 0 Å². The first-order valence-electron chi connectivity index (χ1n) is 3.93. The van der Waals surface area contributed by atoms with Crippen molar-refractivity contribution in [2.75, 3.05) is 13.2 Å². The van der Waals surface area contributed by atoms with Crippen molar-refractivity contribution >= 4 is 5.90 Å². The molecular formula is C9H8FNO2. The largest absolute Gasteiger partial charge is 0.507 e. The molecule has 0 unspecified atom stereocenters. The highest BCUT2D eigenvalue weighted by molar-refractivity contribution is 5.97. The van der Waals surface area contributed by atoms with Gasteiger partial charge >= 0.3 is 0 Å². The fourth-order valence-electron chi connectivity index (χ4n) is 1.18. The second-order valence-electron chi connectivity index (χ2n) is 2.70. The van der Waals surface area contributed by atoms with Crippen LogP contribution in [0.15, 0.2) is 23.2 Å². The minimum absolute atomic E-state index is 0.0120. The number of aromatic hydroxyl groups is 1. The Labute approximate surface area is 74.5 Å². The van der Waals surface area contributed by atoms with Gasteiger partial charge < -0.3 is 9.84 Å². The number of aliphatic imine (C=N–C) groups is 1. The van der Waals surface area contributed by atoms with Gasteiger partial charge in [0.25, 0.3) is 0 Å². The van der Waals surface area contributed by atoms with E-state index in [9.17, 15) is 9.50 Å². The van der Waals surface area contributed by atoms with Crippen LogP contribution in [0, 0.1) is 5.82 Å². The second-order valence-corrected chi connectivity index (χ2v) is 2.70. The Kier molecular flexibility index (Phi) is 1.88. The van der Waals surface area contributed by atoms with Crippen LogP contribution in [0.5, 0.6) is 5.75 Å². The van der Waals surface area contributed by atoms with E-state index in [1.54, 1.807) is 0 Å². The van der Waals surface area contributed by atoms with Crippen LogP contribution in [0.2, 0.25) is 0 Å². The Balaban J connectivity index is 2.43. The lowest BCUT2D eigenvalue weighted by Gasteiger charge is -2.03. The van der Waals surface area contributed by atoms with Crippen LogP contribution >= 0.6 is 0 Å². The maximum Gasteiger partial charge on any atom is 0.220 e. The minimum atomic E-state index is -0.411. The molecule has 2 rings (SSSR count). The average molecular weight is 181 g/mol. The first-order chi connectivity index (χ1) is 6.27. The van der Waals surface area contributed by atoms with Gasteiger partial charge in [0.15, 0.2) is 0 Å². The van der Waals surface area contributed by atoms with Crippen molar-refractivity contribution in [2.45, 2.75) is 0 Å². The van der Waals surface area contributed by atoms with Crippen LogP contribution in [0.3, 0.4) is 0 Å². The summed E-state index contributed by atoms with van der Waals surface area (Å²) in [6.45, 7) is 1.05. The van der Waals surface area contributed by atoms with Crippen LogP contribution in [-0.2, 0) is 4.74 Å². The highest BCUT2D eigenvalue weighted by Gasteiger charge is 2.14. The number of hydrogen-bond donors (Lipinski definition) is 1. The fourth-order valence-corrected chi connectivity index (χ4v) is 1.18. The van der Waals surface area contributed by atoms with Gasteiger partial charge in [-0.05, 0) is 18.2 Å². The molecule has 3 nitrogen and oxygen atoms in total. The first-order valence-corrected chi connectivity index (χ1v) is 3.93. The molecule has 0 fully saturated rings. The van der Waals surface area contributed by atoms with Crippen molar-refractivity contribution in [3.05, 3.63) is 29.6 Å². The predicted octanol–water partition coefficient (Wildman–Crippen LogP) is 1.31. The molecule has 0 aromatic heterocycles. The molecule has 0 bridgehead atoms. The maximum atomic E-state index is 12.8. The zero-order valence-electron chi connectivity index (χ0n) is 6.83. The molecule has 0 radical (unpaired) electrons. The van der Waals surface area contributed by atoms with Gasteiger partial charge in [0.2, 0.25) is 5.90 Å². The summed E-state index contributed by atoms with van der Waals surface area (Å²) >= 11 is 0. The van der Waals surface area contributed by atoms with Gasteiger partial charge in [-0.3, -0.25) is 0 Å². The molecule has 1 aromatic rings. The number of benzene rings is 1. The van der Waals surface area contributed by atoms with E-state index in [1.165, 1.54) is 18.2 Å². The van der Waals surface area contributed by atoms with E-state index in [1.807, 2.05) is 0 Å². The highest BCUT2D eigenvalue weighted by Crippen LogP contribution is 2.20. The van der Waals surface area contributed by atoms with Gasteiger partial charge in [-0.25, -0.2) is 9.38 Å². The average Bonchev–Trinajstić information content (AvgIpc) is 2.61. The third-order valence-electron chi connectivity index (χ3n) is 1.77. The molecule has 1 aromatic carbocycles. The SMILES string of the molecule is Oc1ccc(F)cc1C1=NCCO1. The summed E-state index contributed by atoms with van der Waals surface area (Å²) in [5, 5.41) is 9.37. The minimum Gasteiger partial charge on any atom is -0.507 e. The van der Waals surface area contributed by atoms with E-state index < -0.39 is 5.82 Å². The summed E-state index contributed by atoms with van der Waals surface area (Å²) in [5.41, 5.74) is 0.317. The van der Waals surface area contributed by atoms with E-state index in [0.29, 0.717) is 24.6 Å². The van der Waals surface area contributed by atoms with Crippen LogP contribution in [0.1, 0.15) is 5.56 Å². The number of nitrogens with zero attached hydrogens (tertiary/aromatic N) is 1. The Morgan fingerprint density at radius 2 is 2.31 bits per heavy atom. The van der Waals surface area contributed by atoms with Crippen molar-refractivity contribution in [2.24, 2.45) is 4.99 Å². The summed E-state index contributed by atoms with van der Waals surface area (Å²) in [6, 6.07) is 3.68. The van der Waals surface area contributed by atoms with Gasteiger partial charge in [0.05, 0.1) is 12.1 Å². The van der Waals surface area contributed by atoms with Crippen LogP contribution in [-0.4, -0.2) is 24.2 Å². The molecule has 0 saturated heterocycles.